The lowest BCUT2D eigenvalue weighted by atomic mass is 9.82. The fourth-order valence-corrected chi connectivity index (χ4v) is 4.93. The number of carbonyl (C=O) groups is 2. The van der Waals surface area contributed by atoms with Crippen LogP contribution in [0, 0.1) is 0 Å². The van der Waals surface area contributed by atoms with Crippen LogP contribution in [0.2, 0.25) is 0 Å². The molecule has 1 saturated heterocycles. The highest BCUT2D eigenvalue weighted by molar-refractivity contribution is 6.21. The Hall–Kier alpha value is -1.63. The SMILES string of the molecule is COC1CCC(c2ccc(C(=O)N3CCN(C(=O)C4(O)CC4)CC3)cc2)C(Cl)C1. The van der Waals surface area contributed by atoms with Gasteiger partial charge in [-0.2, -0.15) is 0 Å². The van der Waals surface area contributed by atoms with E-state index in [4.69, 9.17) is 16.3 Å². The van der Waals surface area contributed by atoms with Crippen molar-refractivity contribution in [2.24, 2.45) is 0 Å². The fraction of sp³-hybridized carbons (Fsp3) is 0.636. The number of hydrogen-bond donors (Lipinski definition) is 1. The van der Waals surface area contributed by atoms with E-state index in [-0.39, 0.29) is 29.2 Å². The van der Waals surface area contributed by atoms with Gasteiger partial charge in [-0.15, -0.1) is 11.6 Å². The molecule has 1 aromatic rings. The minimum absolute atomic E-state index is 0.0145. The maximum absolute atomic E-state index is 12.8. The van der Waals surface area contributed by atoms with Crippen molar-refractivity contribution < 1.29 is 19.4 Å². The lowest BCUT2D eigenvalue weighted by Gasteiger charge is -2.36. The summed E-state index contributed by atoms with van der Waals surface area (Å²) < 4.78 is 5.43. The zero-order chi connectivity index (χ0) is 20.6. The molecule has 1 N–H and O–H groups in total. The number of alkyl halides is 1. The van der Waals surface area contributed by atoms with Crippen molar-refractivity contribution in [2.75, 3.05) is 33.3 Å². The number of piperazine rings is 1. The van der Waals surface area contributed by atoms with Crippen LogP contribution in [0.3, 0.4) is 0 Å². The van der Waals surface area contributed by atoms with Crippen LogP contribution in [0.25, 0.3) is 0 Å². The molecule has 4 rings (SSSR count). The second-order valence-electron chi connectivity index (χ2n) is 8.53. The number of aliphatic hydroxyl groups is 1. The highest BCUT2D eigenvalue weighted by atomic mass is 35.5. The maximum Gasteiger partial charge on any atom is 0.254 e. The summed E-state index contributed by atoms with van der Waals surface area (Å²) in [6, 6.07) is 7.80. The minimum Gasteiger partial charge on any atom is -0.381 e. The third-order valence-corrected chi connectivity index (χ3v) is 7.10. The first-order valence-corrected chi connectivity index (χ1v) is 10.9. The van der Waals surface area contributed by atoms with Crippen molar-refractivity contribution in [3.8, 4) is 0 Å². The molecule has 2 aliphatic carbocycles. The van der Waals surface area contributed by atoms with E-state index in [1.54, 1.807) is 16.9 Å². The molecular formula is C22H29ClN2O4. The number of nitrogens with zero attached hydrogens (tertiary/aromatic N) is 2. The van der Waals surface area contributed by atoms with E-state index in [9.17, 15) is 14.7 Å². The zero-order valence-corrected chi connectivity index (χ0v) is 17.6. The van der Waals surface area contributed by atoms with Gasteiger partial charge >= 0.3 is 0 Å². The molecule has 29 heavy (non-hydrogen) atoms. The Morgan fingerprint density at radius 3 is 2.24 bits per heavy atom. The van der Waals surface area contributed by atoms with Crippen LogP contribution in [0.5, 0.6) is 0 Å². The number of halogens is 1. The number of carbonyl (C=O) groups excluding carboxylic acids is 2. The highest BCUT2D eigenvalue weighted by Gasteiger charge is 2.50. The summed E-state index contributed by atoms with van der Waals surface area (Å²) in [7, 11) is 1.73. The summed E-state index contributed by atoms with van der Waals surface area (Å²) in [5.74, 6) is 0.0853. The number of benzene rings is 1. The summed E-state index contributed by atoms with van der Waals surface area (Å²) >= 11 is 6.59. The van der Waals surface area contributed by atoms with Gasteiger partial charge in [-0.25, -0.2) is 0 Å². The molecule has 0 aromatic heterocycles. The minimum atomic E-state index is -1.13. The molecule has 1 aliphatic heterocycles. The van der Waals surface area contributed by atoms with Crippen LogP contribution in [0.1, 0.15) is 53.9 Å². The Kier molecular flexibility index (Phi) is 5.87. The van der Waals surface area contributed by atoms with Gasteiger partial charge in [0.25, 0.3) is 11.8 Å². The summed E-state index contributed by atoms with van der Waals surface area (Å²) in [5.41, 5.74) is 0.695. The van der Waals surface area contributed by atoms with Gasteiger partial charge in [0.1, 0.15) is 5.60 Å². The quantitative estimate of drug-likeness (QED) is 0.759. The fourth-order valence-electron chi connectivity index (χ4n) is 4.46. The largest absolute Gasteiger partial charge is 0.381 e. The molecule has 3 aliphatic rings. The van der Waals surface area contributed by atoms with E-state index < -0.39 is 5.60 Å². The first-order valence-electron chi connectivity index (χ1n) is 10.5. The monoisotopic (exact) mass is 420 g/mol. The van der Waals surface area contributed by atoms with Gasteiger partial charge in [0.2, 0.25) is 0 Å². The van der Waals surface area contributed by atoms with E-state index in [0.717, 1.165) is 19.3 Å². The number of methoxy groups -OCH3 is 1. The Labute approximate surface area is 176 Å². The van der Waals surface area contributed by atoms with Gasteiger partial charge in [-0.3, -0.25) is 9.59 Å². The lowest BCUT2D eigenvalue weighted by Crippen LogP contribution is -2.53. The molecule has 3 fully saturated rings. The number of ether oxygens (including phenoxy) is 1. The Bertz CT molecular complexity index is 757. The van der Waals surface area contributed by atoms with Crippen LogP contribution < -0.4 is 0 Å². The van der Waals surface area contributed by atoms with Crippen molar-refractivity contribution in [3.63, 3.8) is 0 Å². The average Bonchev–Trinajstić information content (AvgIpc) is 3.51. The highest BCUT2D eigenvalue weighted by Crippen LogP contribution is 2.38. The number of hydrogen-bond acceptors (Lipinski definition) is 4. The molecule has 3 unspecified atom stereocenters. The first-order chi connectivity index (χ1) is 13.9. The van der Waals surface area contributed by atoms with Gasteiger partial charge in [-0.1, -0.05) is 12.1 Å². The van der Waals surface area contributed by atoms with Crippen molar-refractivity contribution >= 4 is 23.4 Å². The van der Waals surface area contributed by atoms with Crippen molar-refractivity contribution in [1.82, 2.24) is 9.80 Å². The standard InChI is InChI=1S/C22H29ClN2O4/c1-29-17-6-7-18(19(23)14-17)15-2-4-16(5-3-15)20(26)24-10-12-25(13-11-24)21(27)22(28)8-9-22/h2-5,17-19,28H,6-14H2,1H3. The van der Waals surface area contributed by atoms with Crippen LogP contribution in [0.15, 0.2) is 24.3 Å². The van der Waals surface area contributed by atoms with Gasteiger partial charge < -0.3 is 19.6 Å². The molecule has 2 saturated carbocycles. The zero-order valence-electron chi connectivity index (χ0n) is 16.8. The summed E-state index contributed by atoms with van der Waals surface area (Å²) in [4.78, 5) is 28.5. The second kappa shape index (κ2) is 8.25. The Balaban J connectivity index is 1.33. The summed E-state index contributed by atoms with van der Waals surface area (Å²) in [6.07, 6.45) is 4.18. The van der Waals surface area contributed by atoms with E-state index >= 15 is 0 Å². The van der Waals surface area contributed by atoms with Crippen molar-refractivity contribution in [3.05, 3.63) is 35.4 Å². The third-order valence-electron chi connectivity index (χ3n) is 6.62. The van der Waals surface area contributed by atoms with Crippen molar-refractivity contribution in [1.29, 1.82) is 0 Å². The molecular weight excluding hydrogens is 392 g/mol. The number of amides is 2. The molecule has 6 nitrogen and oxygen atoms in total. The van der Waals surface area contributed by atoms with E-state index in [2.05, 4.69) is 0 Å². The molecule has 0 spiro atoms. The van der Waals surface area contributed by atoms with E-state index in [1.807, 2.05) is 24.3 Å². The molecule has 0 radical (unpaired) electrons. The van der Waals surface area contributed by atoms with Gasteiger partial charge in [0, 0.05) is 50.1 Å². The molecule has 7 heteroatoms. The van der Waals surface area contributed by atoms with Crippen LogP contribution in [-0.4, -0.2) is 77.1 Å². The molecule has 1 aromatic carbocycles. The molecule has 0 bridgehead atoms. The second-order valence-corrected chi connectivity index (χ2v) is 9.09. The van der Waals surface area contributed by atoms with Gasteiger partial charge in [0.15, 0.2) is 0 Å². The molecule has 158 valence electrons. The summed E-state index contributed by atoms with van der Waals surface area (Å²) in [5, 5.41) is 10.0. The van der Waals surface area contributed by atoms with Gasteiger partial charge in [-0.05, 0) is 49.8 Å². The lowest BCUT2D eigenvalue weighted by molar-refractivity contribution is -0.143. The Morgan fingerprint density at radius 2 is 1.69 bits per heavy atom. The van der Waals surface area contributed by atoms with E-state index in [0.29, 0.717) is 44.6 Å². The topological polar surface area (TPSA) is 70.1 Å². The average molecular weight is 421 g/mol. The smallest absolute Gasteiger partial charge is 0.254 e. The first kappa shape index (κ1) is 20.6. The maximum atomic E-state index is 12.8. The molecule has 1 heterocycles. The van der Waals surface area contributed by atoms with Crippen LogP contribution in [0.4, 0.5) is 0 Å². The third kappa shape index (κ3) is 4.30. The van der Waals surface area contributed by atoms with Crippen LogP contribution in [-0.2, 0) is 9.53 Å². The Morgan fingerprint density at radius 1 is 1.07 bits per heavy atom. The number of rotatable bonds is 4. The van der Waals surface area contributed by atoms with Crippen molar-refractivity contribution in [2.45, 2.75) is 55.1 Å². The predicted molar refractivity (Wildman–Crippen MR) is 110 cm³/mol. The predicted octanol–water partition coefficient (Wildman–Crippen LogP) is 2.39. The molecule has 3 atom stereocenters. The molecule has 2 amide bonds. The van der Waals surface area contributed by atoms with E-state index in [1.165, 1.54) is 5.56 Å². The van der Waals surface area contributed by atoms with Gasteiger partial charge in [0.05, 0.1) is 6.10 Å². The normalized spacial score (nSPS) is 28.9. The van der Waals surface area contributed by atoms with Crippen LogP contribution >= 0.6 is 11.6 Å². The summed E-state index contributed by atoms with van der Waals surface area (Å²) in [6.45, 7) is 1.93.